The summed E-state index contributed by atoms with van der Waals surface area (Å²) in [5.41, 5.74) is 7.70. The van der Waals surface area contributed by atoms with Gasteiger partial charge < -0.3 is 16.1 Å². The van der Waals surface area contributed by atoms with Crippen molar-refractivity contribution in [2.24, 2.45) is 0 Å². The van der Waals surface area contributed by atoms with E-state index in [2.05, 4.69) is 14.5 Å². The molecule has 0 radical (unpaired) electrons. The minimum atomic E-state index is 0.504. The smallest absolute Gasteiger partial charge is 0.152 e. The Bertz CT molecular complexity index is 548. The van der Waals surface area contributed by atoms with E-state index >= 15 is 0 Å². The first kappa shape index (κ1) is 10.2. The molecule has 0 spiro atoms. The molecule has 1 saturated carbocycles. The number of hydrogen-bond donors (Lipinski definition) is 2. The average molecular weight is 232 g/mol. The number of anilines is 1. The van der Waals surface area contributed by atoms with Crippen LogP contribution in [-0.2, 0) is 6.42 Å². The van der Waals surface area contributed by atoms with Crippen molar-refractivity contribution in [3.05, 3.63) is 18.3 Å². The molecule has 0 aromatic carbocycles. The predicted molar refractivity (Wildman–Crippen MR) is 65.7 cm³/mol. The summed E-state index contributed by atoms with van der Waals surface area (Å²) >= 11 is 0. The van der Waals surface area contributed by atoms with Crippen molar-refractivity contribution < 1.29 is 0 Å². The van der Waals surface area contributed by atoms with Gasteiger partial charge in [-0.3, -0.25) is 0 Å². The molecule has 90 valence electrons. The number of aryl methyl sites for hydroxylation is 1. The first-order valence-corrected chi connectivity index (χ1v) is 5.86. The van der Waals surface area contributed by atoms with Gasteiger partial charge in [-0.1, -0.05) is 6.92 Å². The molecule has 0 aliphatic heterocycles. The van der Waals surface area contributed by atoms with E-state index in [1.807, 2.05) is 13.3 Å². The minimum absolute atomic E-state index is 0.504. The van der Waals surface area contributed by atoms with Gasteiger partial charge in [0.15, 0.2) is 5.82 Å². The van der Waals surface area contributed by atoms with Crippen LogP contribution in [-0.4, -0.2) is 19.2 Å². The quantitative estimate of drug-likeness (QED) is 0.771. The first-order chi connectivity index (χ1) is 8.22. The Morgan fingerprint density at radius 1 is 1.47 bits per heavy atom. The summed E-state index contributed by atoms with van der Waals surface area (Å²) in [4.78, 5) is 8.68. The van der Waals surface area contributed by atoms with Gasteiger partial charge in [-0.05, 0) is 12.8 Å². The Balaban J connectivity index is 2.11. The van der Waals surface area contributed by atoms with Crippen molar-refractivity contribution in [1.29, 1.82) is 0 Å². The highest BCUT2D eigenvalue weighted by molar-refractivity contribution is 5.68. The third kappa shape index (κ3) is 1.48. The largest absolute Gasteiger partial charge is 0.382 e. The Hall–Kier alpha value is -1.98. The van der Waals surface area contributed by atoms with Gasteiger partial charge in [0.2, 0.25) is 0 Å². The predicted octanol–water partition coefficient (Wildman–Crippen LogP) is 0.940. The van der Waals surface area contributed by atoms with Gasteiger partial charge in [0.1, 0.15) is 11.5 Å². The van der Waals surface area contributed by atoms with Crippen LogP contribution in [0.15, 0.2) is 12.5 Å². The highest BCUT2D eigenvalue weighted by atomic mass is 15.4. The van der Waals surface area contributed by atoms with Gasteiger partial charge in [-0.2, -0.15) is 0 Å². The Labute approximate surface area is 99.2 Å². The molecule has 1 fully saturated rings. The van der Waals surface area contributed by atoms with Crippen molar-refractivity contribution in [2.45, 2.75) is 32.2 Å². The van der Waals surface area contributed by atoms with Gasteiger partial charge in [0.05, 0.1) is 18.2 Å². The van der Waals surface area contributed by atoms with Gasteiger partial charge in [0.25, 0.3) is 0 Å². The summed E-state index contributed by atoms with van der Waals surface area (Å²) in [6, 6.07) is 0.555. The van der Waals surface area contributed by atoms with Gasteiger partial charge in [-0.25, -0.2) is 14.6 Å². The lowest BCUT2D eigenvalue weighted by Crippen LogP contribution is -2.14. The van der Waals surface area contributed by atoms with Crippen LogP contribution in [0.1, 0.15) is 31.6 Å². The fraction of sp³-hybridized carbons (Fsp3) is 0.455. The molecule has 1 aliphatic rings. The van der Waals surface area contributed by atoms with Crippen LogP contribution in [0.3, 0.4) is 0 Å². The topological polar surface area (TPSA) is 87.7 Å². The standard InChI is InChI=1S/C11H16N6/c1-2-9-15-10(11(12)17(9)13)8-5-14-6-16(8)7-3-4-7/h5-7H,2-4,12-13H2,1H3. The highest BCUT2D eigenvalue weighted by Crippen LogP contribution is 2.38. The van der Waals surface area contributed by atoms with Crippen molar-refractivity contribution in [3.63, 3.8) is 0 Å². The molecule has 4 N–H and O–H groups in total. The van der Waals surface area contributed by atoms with Crippen LogP contribution >= 0.6 is 0 Å². The molecular formula is C11H16N6. The summed E-state index contributed by atoms with van der Waals surface area (Å²) in [5, 5.41) is 0. The van der Waals surface area contributed by atoms with Crippen LogP contribution in [0.4, 0.5) is 5.82 Å². The number of nitrogens with two attached hydrogens (primary N) is 2. The van der Waals surface area contributed by atoms with E-state index < -0.39 is 0 Å². The van der Waals surface area contributed by atoms with E-state index in [4.69, 9.17) is 11.6 Å². The zero-order chi connectivity index (χ0) is 12.0. The second-order valence-corrected chi connectivity index (χ2v) is 4.40. The summed E-state index contributed by atoms with van der Waals surface area (Å²) in [7, 11) is 0. The van der Waals surface area contributed by atoms with E-state index in [0.717, 1.165) is 23.6 Å². The number of hydrogen-bond acceptors (Lipinski definition) is 4. The number of imidazole rings is 2. The zero-order valence-electron chi connectivity index (χ0n) is 9.80. The van der Waals surface area contributed by atoms with Crippen molar-refractivity contribution in [3.8, 4) is 11.4 Å². The molecule has 3 rings (SSSR count). The third-order valence-electron chi connectivity index (χ3n) is 3.19. The number of rotatable bonds is 3. The lowest BCUT2D eigenvalue weighted by Gasteiger charge is -2.04. The molecule has 1 aliphatic carbocycles. The van der Waals surface area contributed by atoms with Crippen molar-refractivity contribution >= 4 is 5.82 Å². The highest BCUT2D eigenvalue weighted by Gasteiger charge is 2.27. The zero-order valence-corrected chi connectivity index (χ0v) is 9.80. The lowest BCUT2D eigenvalue weighted by molar-refractivity contribution is 0.746. The minimum Gasteiger partial charge on any atom is -0.382 e. The monoisotopic (exact) mass is 232 g/mol. The number of aromatic nitrogens is 4. The van der Waals surface area contributed by atoms with Gasteiger partial charge >= 0.3 is 0 Å². The molecule has 2 heterocycles. The molecule has 6 heteroatoms. The van der Waals surface area contributed by atoms with Crippen LogP contribution in [0, 0.1) is 0 Å². The van der Waals surface area contributed by atoms with Crippen LogP contribution in [0.2, 0.25) is 0 Å². The fourth-order valence-corrected chi connectivity index (χ4v) is 2.06. The summed E-state index contributed by atoms with van der Waals surface area (Å²) < 4.78 is 3.59. The lowest BCUT2D eigenvalue weighted by atomic mass is 10.3. The Morgan fingerprint density at radius 2 is 2.24 bits per heavy atom. The Kier molecular flexibility index (Phi) is 2.10. The summed E-state index contributed by atoms with van der Waals surface area (Å²) in [6.45, 7) is 2.01. The van der Waals surface area contributed by atoms with Gasteiger partial charge in [0, 0.05) is 12.5 Å². The fourth-order valence-electron chi connectivity index (χ4n) is 2.06. The first-order valence-electron chi connectivity index (χ1n) is 5.86. The van der Waals surface area contributed by atoms with E-state index in [-0.39, 0.29) is 0 Å². The van der Waals surface area contributed by atoms with E-state index in [1.165, 1.54) is 17.5 Å². The normalized spacial score (nSPS) is 15.4. The molecule has 2 aromatic heterocycles. The molecule has 2 aromatic rings. The third-order valence-corrected chi connectivity index (χ3v) is 3.19. The molecule has 0 unspecified atom stereocenters. The van der Waals surface area contributed by atoms with Crippen molar-refractivity contribution in [2.75, 3.05) is 11.6 Å². The maximum absolute atomic E-state index is 5.99. The molecule has 17 heavy (non-hydrogen) atoms. The molecule has 0 bridgehead atoms. The molecule has 0 atom stereocenters. The molecular weight excluding hydrogens is 216 g/mol. The number of nitrogen functional groups attached to an aromatic ring is 2. The molecule has 6 nitrogen and oxygen atoms in total. The van der Waals surface area contributed by atoms with E-state index in [1.54, 1.807) is 6.20 Å². The summed E-state index contributed by atoms with van der Waals surface area (Å²) in [5.74, 6) is 7.16. The summed E-state index contributed by atoms with van der Waals surface area (Å²) in [6.07, 6.45) is 6.81. The van der Waals surface area contributed by atoms with Gasteiger partial charge in [-0.15, -0.1) is 0 Å². The van der Waals surface area contributed by atoms with Crippen LogP contribution < -0.4 is 11.6 Å². The average Bonchev–Trinajstić information content (AvgIpc) is 3.00. The van der Waals surface area contributed by atoms with E-state index in [0.29, 0.717) is 11.9 Å². The number of nitrogens with zero attached hydrogens (tertiary/aromatic N) is 4. The SMILES string of the molecule is CCc1nc(-c2cncn2C2CC2)c(N)n1N. The van der Waals surface area contributed by atoms with Crippen molar-refractivity contribution in [1.82, 2.24) is 19.2 Å². The van der Waals surface area contributed by atoms with Crippen LogP contribution in [0.5, 0.6) is 0 Å². The maximum Gasteiger partial charge on any atom is 0.152 e. The second-order valence-electron chi connectivity index (χ2n) is 4.40. The molecule has 0 saturated heterocycles. The molecule has 0 amide bonds. The van der Waals surface area contributed by atoms with E-state index in [9.17, 15) is 0 Å². The second kappa shape index (κ2) is 3.51. The van der Waals surface area contributed by atoms with Crippen LogP contribution in [0.25, 0.3) is 11.4 Å². The maximum atomic E-state index is 5.99. The Morgan fingerprint density at radius 3 is 2.82 bits per heavy atom.